The first-order valence-corrected chi connectivity index (χ1v) is 8.76. The summed E-state index contributed by atoms with van der Waals surface area (Å²) in [5.74, 6) is 0.311. The predicted octanol–water partition coefficient (Wildman–Crippen LogP) is 3.17. The van der Waals surface area contributed by atoms with Crippen molar-refractivity contribution in [1.29, 1.82) is 5.26 Å². The third-order valence-electron chi connectivity index (χ3n) is 4.25. The van der Waals surface area contributed by atoms with Gasteiger partial charge in [-0.3, -0.25) is 9.69 Å². The average molecular weight is 414 g/mol. The molecule has 0 radical (unpaired) electrons. The largest absolute Gasteiger partial charge is 0.492 e. The number of ether oxygens (including phenoxy) is 1. The van der Waals surface area contributed by atoms with E-state index in [-0.39, 0.29) is 19.1 Å². The molecule has 1 unspecified atom stereocenters. The SMILES string of the molecule is CC1(c2ccc(C#N)cc2)NC(=O)N(CCOc2cccc(Br)c2)C1=O. The Morgan fingerprint density at radius 2 is 1.96 bits per heavy atom. The number of urea groups is 1. The van der Waals surface area contributed by atoms with Crippen molar-refractivity contribution in [2.75, 3.05) is 13.2 Å². The van der Waals surface area contributed by atoms with E-state index in [4.69, 9.17) is 10.00 Å². The third-order valence-corrected chi connectivity index (χ3v) is 4.74. The number of imide groups is 1. The molecule has 0 saturated carbocycles. The predicted molar refractivity (Wildman–Crippen MR) is 98.4 cm³/mol. The topological polar surface area (TPSA) is 82.4 Å². The van der Waals surface area contributed by atoms with Gasteiger partial charge >= 0.3 is 6.03 Å². The summed E-state index contributed by atoms with van der Waals surface area (Å²) in [7, 11) is 0. The highest BCUT2D eigenvalue weighted by Gasteiger charge is 2.48. The van der Waals surface area contributed by atoms with Gasteiger partial charge in [-0.1, -0.05) is 34.1 Å². The number of carbonyl (C=O) groups is 2. The summed E-state index contributed by atoms with van der Waals surface area (Å²) in [5.41, 5.74) is -0.0282. The highest BCUT2D eigenvalue weighted by molar-refractivity contribution is 9.10. The Balaban J connectivity index is 1.69. The second kappa shape index (κ2) is 7.18. The maximum absolute atomic E-state index is 12.8. The minimum absolute atomic E-state index is 0.142. The van der Waals surface area contributed by atoms with E-state index in [0.29, 0.717) is 16.9 Å². The maximum atomic E-state index is 12.8. The summed E-state index contributed by atoms with van der Waals surface area (Å²) in [4.78, 5) is 26.2. The van der Waals surface area contributed by atoms with Crippen molar-refractivity contribution in [3.63, 3.8) is 0 Å². The molecule has 3 amide bonds. The van der Waals surface area contributed by atoms with E-state index < -0.39 is 11.6 Å². The summed E-state index contributed by atoms with van der Waals surface area (Å²) in [6.45, 7) is 1.99. The van der Waals surface area contributed by atoms with Gasteiger partial charge < -0.3 is 10.1 Å². The quantitative estimate of drug-likeness (QED) is 0.763. The standard InChI is InChI=1S/C19H16BrN3O3/c1-19(14-7-5-13(12-21)6-8-14)17(24)23(18(25)22-19)9-10-26-16-4-2-3-15(20)11-16/h2-8,11H,9-10H2,1H3,(H,22,25). The molecular formula is C19H16BrN3O3. The number of nitrogens with zero attached hydrogens (tertiary/aromatic N) is 2. The zero-order valence-corrected chi connectivity index (χ0v) is 15.6. The Kier molecular flexibility index (Phi) is 4.96. The molecule has 1 heterocycles. The number of hydrogen-bond donors (Lipinski definition) is 1. The normalized spacial score (nSPS) is 19.2. The van der Waals surface area contributed by atoms with Crippen LogP contribution in [-0.2, 0) is 10.3 Å². The van der Waals surface area contributed by atoms with E-state index in [2.05, 4.69) is 21.2 Å². The minimum Gasteiger partial charge on any atom is -0.492 e. The lowest BCUT2D eigenvalue weighted by atomic mass is 9.91. The molecular weight excluding hydrogens is 398 g/mol. The molecule has 7 heteroatoms. The first kappa shape index (κ1) is 18.0. The second-order valence-electron chi connectivity index (χ2n) is 6.01. The molecule has 0 aliphatic carbocycles. The molecule has 2 aromatic carbocycles. The van der Waals surface area contributed by atoms with Gasteiger partial charge in [0.1, 0.15) is 17.9 Å². The monoisotopic (exact) mass is 413 g/mol. The molecule has 132 valence electrons. The van der Waals surface area contributed by atoms with Gasteiger partial charge in [-0.25, -0.2) is 4.79 Å². The lowest BCUT2D eigenvalue weighted by molar-refractivity contribution is -0.131. The zero-order chi connectivity index (χ0) is 18.7. The summed E-state index contributed by atoms with van der Waals surface area (Å²) in [5, 5.41) is 11.6. The van der Waals surface area contributed by atoms with E-state index in [1.54, 1.807) is 37.3 Å². The Morgan fingerprint density at radius 3 is 2.62 bits per heavy atom. The van der Waals surface area contributed by atoms with Gasteiger partial charge in [-0.15, -0.1) is 0 Å². The number of halogens is 1. The average Bonchev–Trinajstić information content (AvgIpc) is 2.86. The minimum atomic E-state index is -1.15. The lowest BCUT2D eigenvalue weighted by Crippen LogP contribution is -2.41. The first-order chi connectivity index (χ1) is 12.4. The van der Waals surface area contributed by atoms with E-state index in [1.807, 2.05) is 24.3 Å². The highest BCUT2D eigenvalue weighted by Crippen LogP contribution is 2.29. The van der Waals surface area contributed by atoms with Crippen LogP contribution in [0.15, 0.2) is 53.0 Å². The Bertz CT molecular complexity index is 892. The Hall–Kier alpha value is -2.85. The third kappa shape index (κ3) is 3.41. The molecule has 1 atom stereocenters. The fourth-order valence-electron chi connectivity index (χ4n) is 2.79. The summed E-state index contributed by atoms with van der Waals surface area (Å²) < 4.78 is 6.50. The molecule has 1 saturated heterocycles. The number of carbonyl (C=O) groups excluding carboxylic acids is 2. The van der Waals surface area contributed by atoms with Gasteiger partial charge in [0.25, 0.3) is 5.91 Å². The lowest BCUT2D eigenvalue weighted by Gasteiger charge is -2.22. The summed E-state index contributed by atoms with van der Waals surface area (Å²) in [6.07, 6.45) is 0. The van der Waals surface area contributed by atoms with Crippen molar-refractivity contribution in [3.8, 4) is 11.8 Å². The maximum Gasteiger partial charge on any atom is 0.325 e. The molecule has 1 N–H and O–H groups in total. The number of benzene rings is 2. The van der Waals surface area contributed by atoms with Gasteiger partial charge in [-0.05, 0) is 42.8 Å². The van der Waals surface area contributed by atoms with Gasteiger partial charge in [0.15, 0.2) is 0 Å². The van der Waals surface area contributed by atoms with Crippen LogP contribution in [0.25, 0.3) is 0 Å². The first-order valence-electron chi connectivity index (χ1n) is 7.97. The van der Waals surface area contributed by atoms with Crippen LogP contribution in [0.2, 0.25) is 0 Å². The van der Waals surface area contributed by atoms with Crippen molar-refractivity contribution in [2.45, 2.75) is 12.5 Å². The van der Waals surface area contributed by atoms with E-state index >= 15 is 0 Å². The number of hydrogen-bond acceptors (Lipinski definition) is 4. The Morgan fingerprint density at radius 1 is 1.23 bits per heavy atom. The van der Waals surface area contributed by atoms with E-state index in [1.165, 1.54) is 0 Å². The van der Waals surface area contributed by atoms with Crippen LogP contribution in [0.3, 0.4) is 0 Å². The van der Waals surface area contributed by atoms with Gasteiger partial charge in [0.05, 0.1) is 18.2 Å². The van der Waals surface area contributed by atoms with Crippen molar-refractivity contribution in [3.05, 3.63) is 64.1 Å². The molecule has 26 heavy (non-hydrogen) atoms. The number of amides is 3. The number of nitriles is 1. The molecule has 1 aliphatic heterocycles. The van der Waals surface area contributed by atoms with Crippen LogP contribution in [0, 0.1) is 11.3 Å². The van der Waals surface area contributed by atoms with Crippen molar-refractivity contribution in [1.82, 2.24) is 10.2 Å². The molecule has 6 nitrogen and oxygen atoms in total. The van der Waals surface area contributed by atoms with Gasteiger partial charge in [-0.2, -0.15) is 5.26 Å². The smallest absolute Gasteiger partial charge is 0.325 e. The van der Waals surface area contributed by atoms with E-state index in [0.717, 1.165) is 9.37 Å². The fraction of sp³-hybridized carbons (Fsp3) is 0.211. The number of nitrogens with one attached hydrogen (secondary N) is 1. The highest BCUT2D eigenvalue weighted by atomic mass is 79.9. The van der Waals surface area contributed by atoms with Crippen LogP contribution in [-0.4, -0.2) is 30.0 Å². The van der Waals surface area contributed by atoms with Crippen molar-refractivity contribution < 1.29 is 14.3 Å². The molecule has 1 fully saturated rings. The second-order valence-corrected chi connectivity index (χ2v) is 6.92. The molecule has 0 spiro atoms. The van der Waals surface area contributed by atoms with Gasteiger partial charge in [0, 0.05) is 4.47 Å². The molecule has 1 aliphatic rings. The van der Waals surface area contributed by atoms with Gasteiger partial charge in [0.2, 0.25) is 0 Å². The van der Waals surface area contributed by atoms with Crippen molar-refractivity contribution >= 4 is 27.9 Å². The molecule has 0 bridgehead atoms. The van der Waals surface area contributed by atoms with Crippen LogP contribution < -0.4 is 10.1 Å². The van der Waals surface area contributed by atoms with Crippen LogP contribution in [0.5, 0.6) is 5.75 Å². The molecule has 0 aromatic heterocycles. The van der Waals surface area contributed by atoms with Crippen molar-refractivity contribution in [2.24, 2.45) is 0 Å². The fourth-order valence-corrected chi connectivity index (χ4v) is 3.16. The van der Waals surface area contributed by atoms with E-state index in [9.17, 15) is 9.59 Å². The van der Waals surface area contributed by atoms with Crippen LogP contribution in [0.4, 0.5) is 4.79 Å². The molecule has 2 aromatic rings. The summed E-state index contributed by atoms with van der Waals surface area (Å²) >= 11 is 3.36. The van der Waals surface area contributed by atoms with Crippen LogP contribution in [0.1, 0.15) is 18.1 Å². The van der Waals surface area contributed by atoms with Crippen LogP contribution >= 0.6 is 15.9 Å². The number of rotatable bonds is 5. The molecule has 3 rings (SSSR count). The summed E-state index contributed by atoms with van der Waals surface area (Å²) in [6, 6.07) is 15.5. The Labute approximate surface area is 159 Å². The zero-order valence-electron chi connectivity index (χ0n) is 14.0.